The van der Waals surface area contributed by atoms with Crippen molar-refractivity contribution < 1.29 is 13.9 Å². The van der Waals surface area contributed by atoms with Crippen LogP contribution in [0.4, 0.5) is 11.4 Å². The van der Waals surface area contributed by atoms with Crippen LogP contribution in [0.5, 0.6) is 0 Å². The van der Waals surface area contributed by atoms with Crippen LogP contribution in [-0.2, 0) is 6.42 Å². The number of carbonyl (C=O) groups excluding carboxylic acids is 1. The minimum absolute atomic E-state index is 0.00187. The molecule has 0 unspecified atom stereocenters. The number of carbonyl (C=O) groups is 1. The second kappa shape index (κ2) is 2.66. The molecule has 0 saturated carbocycles. The number of ketones is 1. The molecule has 5 nitrogen and oxygen atoms in total. The molecular formula is C9H9N2O3S. The summed E-state index contributed by atoms with van der Waals surface area (Å²) in [5.74, 6) is -0.00187. The van der Waals surface area contributed by atoms with Crippen molar-refractivity contribution in [3.8, 4) is 0 Å². The molecule has 0 bridgehead atoms. The lowest BCUT2D eigenvalue weighted by molar-refractivity contribution is 0.103. The van der Waals surface area contributed by atoms with Gasteiger partial charge in [-0.15, -0.1) is 0 Å². The Kier molecular flexibility index (Phi) is 1.60. The SMILES string of the molecule is O=C1[CH]Cc2cc3c(cc21)NS(O)(O)N3. The van der Waals surface area contributed by atoms with E-state index in [1.54, 1.807) is 18.6 Å². The third kappa shape index (κ3) is 1.30. The van der Waals surface area contributed by atoms with Crippen LogP contribution in [0.25, 0.3) is 0 Å². The number of anilines is 2. The molecule has 2 aliphatic rings. The highest BCUT2D eigenvalue weighted by Crippen LogP contribution is 2.50. The Labute approximate surface area is 88.1 Å². The molecule has 0 amide bonds. The molecule has 0 aromatic heterocycles. The molecule has 0 saturated heterocycles. The van der Waals surface area contributed by atoms with Gasteiger partial charge >= 0.3 is 0 Å². The molecular weight excluding hydrogens is 216 g/mol. The van der Waals surface area contributed by atoms with Gasteiger partial charge in [0.1, 0.15) is 0 Å². The highest BCUT2D eigenvalue weighted by atomic mass is 32.3. The molecule has 79 valence electrons. The Morgan fingerprint density at radius 1 is 1.20 bits per heavy atom. The molecule has 0 atom stereocenters. The summed E-state index contributed by atoms with van der Waals surface area (Å²) in [6.45, 7) is 0. The summed E-state index contributed by atoms with van der Waals surface area (Å²) in [6.07, 6.45) is 2.24. The summed E-state index contributed by atoms with van der Waals surface area (Å²) in [6, 6.07) is 3.44. The zero-order valence-electron chi connectivity index (χ0n) is 7.65. The van der Waals surface area contributed by atoms with E-state index in [0.29, 0.717) is 23.4 Å². The fraction of sp³-hybridized carbons (Fsp3) is 0.111. The van der Waals surface area contributed by atoms with E-state index in [1.807, 2.05) is 0 Å². The summed E-state index contributed by atoms with van der Waals surface area (Å²) in [5, 5.41) is 0. The smallest absolute Gasteiger partial charge is 0.167 e. The van der Waals surface area contributed by atoms with Gasteiger partial charge in [-0.05, 0) is 35.1 Å². The topological polar surface area (TPSA) is 81.6 Å². The van der Waals surface area contributed by atoms with Gasteiger partial charge < -0.3 is 0 Å². The van der Waals surface area contributed by atoms with E-state index in [2.05, 4.69) is 9.44 Å². The van der Waals surface area contributed by atoms with Crippen molar-refractivity contribution in [1.82, 2.24) is 0 Å². The first-order valence-corrected chi connectivity index (χ1v) is 5.98. The van der Waals surface area contributed by atoms with Gasteiger partial charge in [0.15, 0.2) is 5.78 Å². The maximum atomic E-state index is 11.4. The highest BCUT2D eigenvalue weighted by Gasteiger charge is 2.28. The average molecular weight is 225 g/mol. The number of fused-ring (bicyclic) bond motifs is 2. The molecule has 1 aromatic carbocycles. The standard InChI is InChI=1S/C9H9N2O3S/c12-9-2-1-5-3-7-8(4-6(5)9)11-15(13,14)10-7/h2-4,10-11,13-14H,1H2. The molecule has 1 heterocycles. The third-order valence-electron chi connectivity index (χ3n) is 2.52. The van der Waals surface area contributed by atoms with E-state index in [1.165, 1.54) is 0 Å². The highest BCUT2D eigenvalue weighted by molar-refractivity contribution is 8.26. The molecule has 0 fully saturated rings. The summed E-state index contributed by atoms with van der Waals surface area (Å²) >= 11 is 0. The third-order valence-corrected chi connectivity index (χ3v) is 3.53. The molecule has 1 aliphatic heterocycles. The number of Topliss-reactive ketones (excluding diaryl/α,β-unsaturated/α-hetero) is 1. The first-order chi connectivity index (χ1) is 7.05. The van der Waals surface area contributed by atoms with Crippen LogP contribution in [0.1, 0.15) is 15.9 Å². The van der Waals surface area contributed by atoms with Crippen molar-refractivity contribution in [3.63, 3.8) is 0 Å². The Bertz CT molecular complexity index is 473. The lowest BCUT2D eigenvalue weighted by Gasteiger charge is -2.26. The number of hydrogen-bond acceptors (Lipinski definition) is 5. The molecule has 6 heteroatoms. The van der Waals surface area contributed by atoms with Gasteiger partial charge in [0.05, 0.1) is 11.4 Å². The first-order valence-electron chi connectivity index (χ1n) is 4.43. The van der Waals surface area contributed by atoms with E-state index < -0.39 is 11.0 Å². The van der Waals surface area contributed by atoms with E-state index in [9.17, 15) is 13.9 Å². The molecule has 1 aliphatic carbocycles. The average Bonchev–Trinajstić information content (AvgIpc) is 2.62. The zero-order valence-corrected chi connectivity index (χ0v) is 8.47. The van der Waals surface area contributed by atoms with Crippen LogP contribution >= 0.6 is 11.0 Å². The van der Waals surface area contributed by atoms with Crippen molar-refractivity contribution in [2.75, 3.05) is 9.44 Å². The van der Waals surface area contributed by atoms with Crippen molar-refractivity contribution >= 4 is 28.1 Å². The van der Waals surface area contributed by atoms with Crippen molar-refractivity contribution in [3.05, 3.63) is 29.7 Å². The lowest BCUT2D eigenvalue weighted by Crippen LogP contribution is -2.08. The van der Waals surface area contributed by atoms with Crippen LogP contribution in [0.3, 0.4) is 0 Å². The minimum Gasteiger partial charge on any atom is -0.294 e. The van der Waals surface area contributed by atoms with Crippen LogP contribution < -0.4 is 9.44 Å². The zero-order chi connectivity index (χ0) is 10.6. The van der Waals surface area contributed by atoms with Gasteiger partial charge in [-0.1, -0.05) is 0 Å². The maximum absolute atomic E-state index is 11.4. The van der Waals surface area contributed by atoms with Crippen LogP contribution in [0, 0.1) is 6.42 Å². The van der Waals surface area contributed by atoms with E-state index in [4.69, 9.17) is 0 Å². The summed E-state index contributed by atoms with van der Waals surface area (Å²) < 4.78 is 23.9. The monoisotopic (exact) mass is 225 g/mol. The van der Waals surface area contributed by atoms with Crippen LogP contribution in [0.2, 0.25) is 0 Å². The van der Waals surface area contributed by atoms with Gasteiger partial charge in [-0.25, -0.2) is 0 Å². The summed E-state index contributed by atoms with van der Waals surface area (Å²) in [4.78, 5) is 11.4. The maximum Gasteiger partial charge on any atom is 0.167 e. The predicted molar refractivity (Wildman–Crippen MR) is 58.9 cm³/mol. The van der Waals surface area contributed by atoms with Gasteiger partial charge in [0.2, 0.25) is 0 Å². The fourth-order valence-corrected chi connectivity index (χ4v) is 2.86. The van der Waals surface area contributed by atoms with Crippen molar-refractivity contribution in [2.24, 2.45) is 0 Å². The molecule has 1 radical (unpaired) electrons. The van der Waals surface area contributed by atoms with E-state index in [0.717, 1.165) is 5.56 Å². The summed E-state index contributed by atoms with van der Waals surface area (Å²) in [7, 11) is -2.96. The molecule has 4 N–H and O–H groups in total. The Balaban J connectivity index is 2.12. The first kappa shape index (κ1) is 9.02. The minimum atomic E-state index is -2.96. The second-order valence-corrected chi connectivity index (χ2v) is 5.09. The van der Waals surface area contributed by atoms with Gasteiger partial charge in [0.25, 0.3) is 0 Å². The number of rotatable bonds is 0. The summed E-state index contributed by atoms with van der Waals surface area (Å²) in [5.41, 5.74) is 2.76. The quantitative estimate of drug-likeness (QED) is 0.543. The Morgan fingerprint density at radius 3 is 2.60 bits per heavy atom. The number of nitrogens with one attached hydrogen (secondary N) is 2. The van der Waals surface area contributed by atoms with Gasteiger partial charge in [0, 0.05) is 12.0 Å². The molecule has 0 spiro atoms. The molecule has 1 aromatic rings. The van der Waals surface area contributed by atoms with Crippen LogP contribution in [0.15, 0.2) is 12.1 Å². The van der Waals surface area contributed by atoms with Crippen molar-refractivity contribution in [2.45, 2.75) is 6.42 Å². The van der Waals surface area contributed by atoms with E-state index in [-0.39, 0.29) is 5.78 Å². The Hall–Kier alpha value is -1.24. The van der Waals surface area contributed by atoms with Gasteiger partial charge in [-0.2, -0.15) is 0 Å². The van der Waals surface area contributed by atoms with Crippen LogP contribution in [-0.4, -0.2) is 14.9 Å². The van der Waals surface area contributed by atoms with Gasteiger partial charge in [-0.3, -0.25) is 23.3 Å². The number of hydrogen-bond donors (Lipinski definition) is 4. The lowest BCUT2D eigenvalue weighted by atomic mass is 10.1. The second-order valence-electron chi connectivity index (χ2n) is 3.58. The predicted octanol–water partition coefficient (Wildman–Crippen LogP) is 2.05. The fourth-order valence-electron chi connectivity index (χ4n) is 1.86. The number of benzene rings is 1. The molecule has 15 heavy (non-hydrogen) atoms. The van der Waals surface area contributed by atoms with E-state index >= 15 is 0 Å². The Morgan fingerprint density at radius 2 is 1.87 bits per heavy atom. The largest absolute Gasteiger partial charge is 0.294 e. The normalized spacial score (nSPS) is 22.7. The van der Waals surface area contributed by atoms with Crippen molar-refractivity contribution in [1.29, 1.82) is 0 Å². The molecule has 3 rings (SSSR count).